The Kier molecular flexibility index (Phi) is 5.68. The summed E-state index contributed by atoms with van der Waals surface area (Å²) in [5.74, 6) is 0.240. The van der Waals surface area contributed by atoms with Gasteiger partial charge in [-0.1, -0.05) is 30.3 Å². The highest BCUT2D eigenvalue weighted by molar-refractivity contribution is 7.89. The van der Waals surface area contributed by atoms with E-state index >= 15 is 0 Å². The number of fused-ring (bicyclic) bond motifs is 1. The number of hydrogen-bond donors (Lipinski definition) is 1. The van der Waals surface area contributed by atoms with Crippen LogP contribution in [0.2, 0.25) is 0 Å². The Bertz CT molecular complexity index is 1240. The second-order valence-electron chi connectivity index (χ2n) is 7.84. The Labute approximate surface area is 181 Å². The van der Waals surface area contributed by atoms with Crippen molar-refractivity contribution in [3.8, 4) is 11.1 Å². The molecule has 0 spiro atoms. The molecule has 1 amide bonds. The Balaban J connectivity index is 1.72. The largest absolute Gasteiger partial charge is 0.351 e. The van der Waals surface area contributed by atoms with Crippen LogP contribution in [-0.2, 0) is 10.0 Å². The molecule has 31 heavy (non-hydrogen) atoms. The van der Waals surface area contributed by atoms with Gasteiger partial charge in [-0.2, -0.15) is 0 Å². The lowest BCUT2D eigenvalue weighted by molar-refractivity contribution is 0.112. The number of sulfonamides is 1. The fraction of sp³-hybridized carbons (Fsp3) is 0.304. The van der Waals surface area contributed by atoms with E-state index < -0.39 is 16.1 Å². The van der Waals surface area contributed by atoms with Crippen LogP contribution in [0.4, 0.5) is 4.79 Å². The highest BCUT2D eigenvalue weighted by Crippen LogP contribution is 2.37. The fourth-order valence-corrected chi connectivity index (χ4v) is 5.46. The van der Waals surface area contributed by atoms with Gasteiger partial charge in [-0.05, 0) is 54.5 Å². The molecule has 0 atom stereocenters. The summed E-state index contributed by atoms with van der Waals surface area (Å²) in [6.45, 7) is 2.60. The molecule has 2 N–H and O–H groups in total. The minimum absolute atomic E-state index is 0.102. The second kappa shape index (κ2) is 8.28. The number of nitrogens with zero attached hydrogens (tertiary/aromatic N) is 2. The average Bonchev–Trinajstić information content (AvgIpc) is 3.18. The summed E-state index contributed by atoms with van der Waals surface area (Å²) in [6.07, 6.45) is 3.98. The Morgan fingerprint density at radius 2 is 1.74 bits per heavy atom. The van der Waals surface area contributed by atoms with Gasteiger partial charge in [0.15, 0.2) is 0 Å². The maximum Gasteiger partial charge on any atom is 0.323 e. The van der Waals surface area contributed by atoms with Crippen molar-refractivity contribution in [1.29, 1.82) is 0 Å². The second-order valence-corrected chi connectivity index (χ2v) is 10.1. The van der Waals surface area contributed by atoms with E-state index in [0.717, 1.165) is 33.9 Å². The van der Waals surface area contributed by atoms with Crippen LogP contribution < -0.4 is 5.73 Å². The molecule has 1 saturated heterocycles. The fourth-order valence-electron chi connectivity index (χ4n) is 4.32. The number of amides is 1. The minimum atomic E-state index is -3.20. The first-order chi connectivity index (χ1) is 14.8. The van der Waals surface area contributed by atoms with Gasteiger partial charge in [-0.15, -0.1) is 0 Å². The predicted molar refractivity (Wildman–Crippen MR) is 121 cm³/mol. The first-order valence-electron chi connectivity index (χ1n) is 10.3. The SMILES string of the molecule is CCS(=O)(=O)N1CCC(c2cn(C(N)=O)c3ccc(-c4ccc(C=O)cc4)cc23)CC1. The number of benzene rings is 2. The van der Waals surface area contributed by atoms with Gasteiger partial charge in [0.1, 0.15) is 6.29 Å². The lowest BCUT2D eigenvalue weighted by Gasteiger charge is -2.30. The summed E-state index contributed by atoms with van der Waals surface area (Å²) in [4.78, 5) is 23.0. The molecule has 1 fully saturated rings. The third-order valence-corrected chi connectivity index (χ3v) is 7.99. The molecule has 2 aromatic carbocycles. The van der Waals surface area contributed by atoms with E-state index in [0.29, 0.717) is 31.5 Å². The Morgan fingerprint density at radius 1 is 1.10 bits per heavy atom. The Morgan fingerprint density at radius 3 is 2.32 bits per heavy atom. The number of piperidine rings is 1. The van der Waals surface area contributed by atoms with Crippen LogP contribution in [0, 0.1) is 0 Å². The van der Waals surface area contributed by atoms with Crippen LogP contribution in [0.5, 0.6) is 0 Å². The first-order valence-corrected chi connectivity index (χ1v) is 11.9. The molecule has 1 aliphatic rings. The smallest absolute Gasteiger partial charge is 0.323 e. The molecule has 4 rings (SSSR count). The molecule has 0 radical (unpaired) electrons. The van der Waals surface area contributed by atoms with Crippen molar-refractivity contribution in [2.45, 2.75) is 25.7 Å². The van der Waals surface area contributed by atoms with E-state index in [1.165, 1.54) is 4.57 Å². The van der Waals surface area contributed by atoms with Crippen LogP contribution in [0.1, 0.15) is 41.6 Å². The topological polar surface area (TPSA) is 102 Å². The zero-order valence-electron chi connectivity index (χ0n) is 17.3. The molecular weight excluding hydrogens is 414 g/mol. The molecule has 7 nitrogen and oxygen atoms in total. The van der Waals surface area contributed by atoms with Crippen molar-refractivity contribution >= 4 is 33.2 Å². The van der Waals surface area contributed by atoms with E-state index in [4.69, 9.17) is 5.73 Å². The summed E-state index contributed by atoms with van der Waals surface area (Å²) < 4.78 is 27.4. The number of nitrogens with two attached hydrogens (primary N) is 1. The van der Waals surface area contributed by atoms with Gasteiger partial charge >= 0.3 is 6.03 Å². The summed E-state index contributed by atoms with van der Waals surface area (Å²) in [7, 11) is -3.20. The maximum atomic E-state index is 12.2. The van der Waals surface area contributed by atoms with E-state index in [2.05, 4.69) is 0 Å². The van der Waals surface area contributed by atoms with E-state index in [9.17, 15) is 18.0 Å². The third-order valence-electron chi connectivity index (χ3n) is 6.10. The molecule has 3 aromatic rings. The minimum Gasteiger partial charge on any atom is -0.351 e. The molecule has 0 unspecified atom stereocenters. The van der Waals surface area contributed by atoms with Crippen LogP contribution in [0.15, 0.2) is 48.7 Å². The number of carbonyl (C=O) groups is 2. The zero-order chi connectivity index (χ0) is 22.2. The van der Waals surface area contributed by atoms with Gasteiger partial charge in [0.05, 0.1) is 11.3 Å². The van der Waals surface area contributed by atoms with Gasteiger partial charge < -0.3 is 5.73 Å². The highest BCUT2D eigenvalue weighted by Gasteiger charge is 2.29. The molecule has 1 aliphatic heterocycles. The van der Waals surface area contributed by atoms with Crippen LogP contribution in [-0.4, -0.2) is 48.4 Å². The molecule has 162 valence electrons. The normalized spacial score (nSPS) is 15.9. The molecule has 0 aliphatic carbocycles. The van der Waals surface area contributed by atoms with E-state index in [1.807, 2.05) is 30.3 Å². The summed E-state index contributed by atoms with van der Waals surface area (Å²) >= 11 is 0. The third kappa shape index (κ3) is 4.00. The lowest BCUT2D eigenvalue weighted by atomic mass is 9.89. The molecule has 2 heterocycles. The van der Waals surface area contributed by atoms with Crippen LogP contribution in [0.3, 0.4) is 0 Å². The number of hydrogen-bond acceptors (Lipinski definition) is 4. The molecular formula is C23H25N3O4S. The number of aldehydes is 1. The van der Waals surface area contributed by atoms with Crippen molar-refractivity contribution in [2.75, 3.05) is 18.8 Å². The molecule has 0 saturated carbocycles. The van der Waals surface area contributed by atoms with Crippen molar-refractivity contribution < 1.29 is 18.0 Å². The zero-order valence-corrected chi connectivity index (χ0v) is 18.1. The standard InChI is InChI=1S/C23H25N3O4S/c1-2-31(29,30)25-11-9-18(10-12-25)21-14-26(23(24)28)22-8-7-19(13-20(21)22)17-5-3-16(15-27)4-6-17/h3-8,13-15,18H,2,9-12H2,1H3,(H2,24,28). The Hall–Kier alpha value is -2.97. The quantitative estimate of drug-likeness (QED) is 0.614. The van der Waals surface area contributed by atoms with Crippen molar-refractivity contribution in [3.63, 3.8) is 0 Å². The average molecular weight is 440 g/mol. The van der Waals surface area contributed by atoms with Gasteiger partial charge in [-0.25, -0.2) is 17.5 Å². The maximum absolute atomic E-state index is 12.2. The van der Waals surface area contributed by atoms with Gasteiger partial charge in [0.2, 0.25) is 10.0 Å². The van der Waals surface area contributed by atoms with Crippen LogP contribution >= 0.6 is 0 Å². The summed E-state index contributed by atoms with van der Waals surface area (Å²) in [5.41, 5.74) is 9.90. The van der Waals surface area contributed by atoms with E-state index in [1.54, 1.807) is 29.6 Å². The molecule has 1 aromatic heterocycles. The number of rotatable bonds is 5. The van der Waals surface area contributed by atoms with Gasteiger partial charge in [0.25, 0.3) is 0 Å². The number of carbonyl (C=O) groups excluding carboxylic acids is 2. The lowest BCUT2D eigenvalue weighted by Crippen LogP contribution is -2.38. The molecule has 8 heteroatoms. The van der Waals surface area contributed by atoms with Gasteiger partial charge in [-0.3, -0.25) is 9.36 Å². The van der Waals surface area contributed by atoms with Crippen molar-refractivity contribution in [1.82, 2.24) is 8.87 Å². The van der Waals surface area contributed by atoms with Crippen molar-refractivity contribution in [3.05, 3.63) is 59.8 Å². The van der Waals surface area contributed by atoms with Crippen LogP contribution in [0.25, 0.3) is 22.0 Å². The molecule has 0 bridgehead atoms. The number of aromatic nitrogens is 1. The highest BCUT2D eigenvalue weighted by atomic mass is 32.2. The first kappa shape index (κ1) is 21.3. The van der Waals surface area contributed by atoms with Crippen molar-refractivity contribution in [2.24, 2.45) is 5.73 Å². The van der Waals surface area contributed by atoms with E-state index in [-0.39, 0.29) is 11.7 Å². The summed E-state index contributed by atoms with van der Waals surface area (Å²) in [5, 5.41) is 0.938. The number of primary amides is 1. The van der Waals surface area contributed by atoms with Gasteiger partial charge in [0, 0.05) is 30.2 Å². The monoisotopic (exact) mass is 439 g/mol. The summed E-state index contributed by atoms with van der Waals surface area (Å²) in [6, 6.07) is 12.6. The predicted octanol–water partition coefficient (Wildman–Crippen LogP) is 3.58.